The van der Waals surface area contributed by atoms with E-state index >= 15 is 0 Å². The summed E-state index contributed by atoms with van der Waals surface area (Å²) < 4.78 is 28.3. The lowest BCUT2D eigenvalue weighted by Crippen LogP contribution is -2.50. The minimum absolute atomic E-state index is 0.202. The molecular weight excluding hydrogens is 250 g/mol. The fourth-order valence-corrected chi connectivity index (χ4v) is 4.78. The van der Waals surface area contributed by atoms with Crippen LogP contribution < -0.4 is 5.73 Å². The average Bonchev–Trinajstić information content (AvgIpc) is 2.91. The molecule has 0 aromatic rings. The fraction of sp³-hybridized carbons (Fsp3) is 1.00. The van der Waals surface area contributed by atoms with Crippen molar-refractivity contribution in [2.45, 2.75) is 44.6 Å². The fourth-order valence-electron chi connectivity index (χ4n) is 3.07. The zero-order valence-corrected chi connectivity index (χ0v) is 12.0. The summed E-state index contributed by atoms with van der Waals surface area (Å²) in [7, 11) is -1.54. The Morgan fingerprint density at radius 3 is 2.50 bits per heavy atom. The molecule has 0 aromatic carbocycles. The van der Waals surface area contributed by atoms with Crippen LogP contribution in [0, 0.1) is 5.92 Å². The van der Waals surface area contributed by atoms with Crippen LogP contribution in [0.3, 0.4) is 0 Å². The van der Waals surface area contributed by atoms with Crippen LogP contribution in [0.1, 0.15) is 38.5 Å². The highest BCUT2D eigenvalue weighted by molar-refractivity contribution is 7.86. The normalized spacial score (nSPS) is 28.1. The second-order valence-electron chi connectivity index (χ2n) is 5.56. The monoisotopic (exact) mass is 275 g/mol. The first kappa shape index (κ1) is 14.2. The number of hydrogen-bond donors (Lipinski definition) is 1. The van der Waals surface area contributed by atoms with Crippen LogP contribution in [0.2, 0.25) is 0 Å². The van der Waals surface area contributed by atoms with Gasteiger partial charge in [-0.15, -0.1) is 0 Å². The molecule has 0 bridgehead atoms. The summed E-state index contributed by atoms with van der Waals surface area (Å²) in [6.07, 6.45) is 6.29. The van der Waals surface area contributed by atoms with Crippen molar-refractivity contribution in [1.29, 1.82) is 0 Å². The number of nitrogens with two attached hydrogens (primary N) is 1. The Morgan fingerprint density at radius 1 is 1.22 bits per heavy atom. The highest BCUT2D eigenvalue weighted by atomic mass is 32.2. The van der Waals surface area contributed by atoms with Crippen LogP contribution in [-0.4, -0.2) is 49.8 Å². The van der Waals surface area contributed by atoms with Crippen molar-refractivity contribution in [3.8, 4) is 0 Å². The Morgan fingerprint density at radius 2 is 1.89 bits per heavy atom. The predicted molar refractivity (Wildman–Crippen MR) is 72.3 cm³/mol. The predicted octanol–water partition coefficient (Wildman–Crippen LogP) is 0.776. The third-order valence-electron chi connectivity index (χ3n) is 4.34. The molecule has 1 saturated heterocycles. The van der Waals surface area contributed by atoms with E-state index in [4.69, 9.17) is 5.73 Å². The summed E-state index contributed by atoms with van der Waals surface area (Å²) >= 11 is 0. The van der Waals surface area contributed by atoms with Crippen LogP contribution in [0.15, 0.2) is 0 Å². The lowest BCUT2D eigenvalue weighted by Gasteiger charge is -2.35. The highest BCUT2D eigenvalue weighted by Gasteiger charge is 2.35. The molecule has 0 aromatic heterocycles. The third-order valence-corrected chi connectivity index (χ3v) is 6.35. The Labute approximate surface area is 110 Å². The smallest absolute Gasteiger partial charge is 0.281 e. The molecule has 18 heavy (non-hydrogen) atoms. The Kier molecular flexibility index (Phi) is 4.64. The second kappa shape index (κ2) is 5.86. The molecule has 1 unspecified atom stereocenters. The Balaban J connectivity index is 2.04. The molecule has 2 aliphatic rings. The van der Waals surface area contributed by atoms with Crippen molar-refractivity contribution in [2.75, 3.05) is 26.7 Å². The molecule has 0 spiro atoms. The van der Waals surface area contributed by atoms with Crippen LogP contribution in [-0.2, 0) is 10.2 Å². The van der Waals surface area contributed by atoms with Gasteiger partial charge in [0.15, 0.2) is 0 Å². The van der Waals surface area contributed by atoms with Crippen LogP contribution >= 0.6 is 0 Å². The Bertz CT molecular complexity index is 366. The maximum Gasteiger partial charge on any atom is 0.281 e. The van der Waals surface area contributed by atoms with E-state index in [0.717, 1.165) is 38.5 Å². The van der Waals surface area contributed by atoms with E-state index in [-0.39, 0.29) is 6.04 Å². The molecule has 6 heteroatoms. The topological polar surface area (TPSA) is 66.6 Å². The van der Waals surface area contributed by atoms with Crippen molar-refractivity contribution >= 4 is 10.2 Å². The SMILES string of the molecule is CN(C1CCCC1)S(=O)(=O)N1CCCC(CN)C1. The van der Waals surface area contributed by atoms with E-state index in [2.05, 4.69) is 0 Å². The molecule has 1 aliphatic heterocycles. The minimum Gasteiger partial charge on any atom is -0.330 e. The first-order valence-corrected chi connectivity index (χ1v) is 8.38. The third kappa shape index (κ3) is 2.87. The van der Waals surface area contributed by atoms with E-state index in [0.29, 0.717) is 25.6 Å². The molecule has 106 valence electrons. The van der Waals surface area contributed by atoms with E-state index in [1.54, 1.807) is 15.7 Å². The molecule has 1 heterocycles. The number of rotatable bonds is 4. The summed E-state index contributed by atoms with van der Waals surface area (Å²) in [5, 5.41) is 0. The summed E-state index contributed by atoms with van der Waals surface area (Å²) in [5.41, 5.74) is 5.67. The van der Waals surface area contributed by atoms with Gasteiger partial charge in [-0.1, -0.05) is 12.8 Å². The first-order chi connectivity index (χ1) is 8.55. The Hall–Kier alpha value is -0.170. The number of piperidine rings is 1. The molecule has 5 nitrogen and oxygen atoms in total. The minimum atomic E-state index is -3.28. The standard InChI is InChI=1S/C12H25N3O2S/c1-14(12-6-2-3-7-12)18(16,17)15-8-4-5-11(9-13)10-15/h11-12H,2-10,13H2,1H3. The molecule has 2 N–H and O–H groups in total. The number of hydrogen-bond acceptors (Lipinski definition) is 3. The largest absolute Gasteiger partial charge is 0.330 e. The maximum absolute atomic E-state index is 12.5. The van der Waals surface area contributed by atoms with E-state index in [1.165, 1.54) is 0 Å². The van der Waals surface area contributed by atoms with Gasteiger partial charge in [0.1, 0.15) is 0 Å². The highest BCUT2D eigenvalue weighted by Crippen LogP contribution is 2.27. The van der Waals surface area contributed by atoms with Gasteiger partial charge in [-0.3, -0.25) is 0 Å². The lowest BCUT2D eigenvalue weighted by molar-refractivity contribution is 0.245. The maximum atomic E-state index is 12.5. The molecule has 1 atom stereocenters. The number of nitrogens with zero attached hydrogens (tertiary/aromatic N) is 2. The van der Waals surface area contributed by atoms with Crippen molar-refractivity contribution in [1.82, 2.24) is 8.61 Å². The molecule has 2 fully saturated rings. The molecule has 2 rings (SSSR count). The van der Waals surface area contributed by atoms with Crippen LogP contribution in [0.5, 0.6) is 0 Å². The summed E-state index contributed by atoms with van der Waals surface area (Å²) in [5.74, 6) is 0.325. The first-order valence-electron chi connectivity index (χ1n) is 6.99. The van der Waals surface area contributed by atoms with Gasteiger partial charge in [0.05, 0.1) is 0 Å². The van der Waals surface area contributed by atoms with E-state index < -0.39 is 10.2 Å². The van der Waals surface area contributed by atoms with Gasteiger partial charge in [0.2, 0.25) is 0 Å². The lowest BCUT2D eigenvalue weighted by atomic mass is 10.0. The zero-order valence-electron chi connectivity index (χ0n) is 11.2. The average molecular weight is 275 g/mol. The molecule has 0 radical (unpaired) electrons. The van der Waals surface area contributed by atoms with Crippen molar-refractivity contribution in [3.05, 3.63) is 0 Å². The second-order valence-corrected chi connectivity index (χ2v) is 7.55. The quantitative estimate of drug-likeness (QED) is 0.824. The van der Waals surface area contributed by atoms with Gasteiger partial charge in [-0.2, -0.15) is 17.0 Å². The van der Waals surface area contributed by atoms with Crippen LogP contribution in [0.4, 0.5) is 0 Å². The van der Waals surface area contributed by atoms with Gasteiger partial charge >= 0.3 is 0 Å². The van der Waals surface area contributed by atoms with Gasteiger partial charge in [-0.25, -0.2) is 0 Å². The van der Waals surface area contributed by atoms with Crippen LogP contribution in [0.25, 0.3) is 0 Å². The van der Waals surface area contributed by atoms with Gasteiger partial charge < -0.3 is 5.73 Å². The molecule has 1 aliphatic carbocycles. The van der Waals surface area contributed by atoms with Gasteiger partial charge in [0, 0.05) is 26.2 Å². The van der Waals surface area contributed by atoms with Crippen molar-refractivity contribution in [2.24, 2.45) is 11.7 Å². The zero-order chi connectivity index (χ0) is 13.2. The van der Waals surface area contributed by atoms with Gasteiger partial charge in [-0.05, 0) is 38.1 Å². The van der Waals surface area contributed by atoms with E-state index in [1.807, 2.05) is 0 Å². The van der Waals surface area contributed by atoms with E-state index in [9.17, 15) is 8.42 Å². The molecular formula is C12H25N3O2S. The molecule has 0 amide bonds. The molecule has 1 saturated carbocycles. The van der Waals surface area contributed by atoms with Crippen molar-refractivity contribution in [3.63, 3.8) is 0 Å². The summed E-state index contributed by atoms with van der Waals surface area (Å²) in [6, 6.07) is 0.202. The summed E-state index contributed by atoms with van der Waals surface area (Å²) in [4.78, 5) is 0. The van der Waals surface area contributed by atoms with Crippen molar-refractivity contribution < 1.29 is 8.42 Å². The summed E-state index contributed by atoms with van der Waals surface area (Å²) in [6.45, 7) is 1.82. The van der Waals surface area contributed by atoms with Gasteiger partial charge in [0.25, 0.3) is 10.2 Å².